The average Bonchev–Trinajstić information content (AvgIpc) is 2.95. The van der Waals surface area contributed by atoms with Gasteiger partial charge in [-0.15, -0.1) is 0 Å². The molecular weight excluding hydrogens is 208 g/mol. The zero-order valence-electron chi connectivity index (χ0n) is 13.2. The van der Waals surface area contributed by atoms with Crippen LogP contribution in [-0.4, -0.2) is 12.7 Å². The van der Waals surface area contributed by atoms with Gasteiger partial charge < -0.3 is 4.74 Å². The van der Waals surface area contributed by atoms with Gasteiger partial charge in [0.25, 0.3) is 0 Å². The van der Waals surface area contributed by atoms with Crippen LogP contribution in [0.3, 0.4) is 0 Å². The van der Waals surface area contributed by atoms with Crippen molar-refractivity contribution < 1.29 is 4.74 Å². The lowest BCUT2D eigenvalue weighted by Gasteiger charge is -2.29. The minimum absolute atomic E-state index is 0.229. The van der Waals surface area contributed by atoms with Crippen LogP contribution in [0.25, 0.3) is 0 Å². The molecule has 0 unspecified atom stereocenters. The highest BCUT2D eigenvalue weighted by Crippen LogP contribution is 2.57. The summed E-state index contributed by atoms with van der Waals surface area (Å²) in [4.78, 5) is 0. The van der Waals surface area contributed by atoms with Gasteiger partial charge >= 0.3 is 0 Å². The fraction of sp³-hybridized carbons (Fsp3) is 1.00. The second kappa shape index (κ2) is 4.26. The highest BCUT2D eigenvalue weighted by Gasteiger charge is 2.52. The van der Waals surface area contributed by atoms with E-state index in [1.165, 1.54) is 25.7 Å². The Balaban J connectivity index is 0.000000171. The summed E-state index contributed by atoms with van der Waals surface area (Å²) in [6.07, 6.45) is 5.37. The van der Waals surface area contributed by atoms with Gasteiger partial charge in [0.15, 0.2) is 0 Å². The number of hydrogen-bond acceptors (Lipinski definition) is 1. The third kappa shape index (κ3) is 3.24. The number of ether oxygens (including phenoxy) is 1. The monoisotopic (exact) mass is 240 g/mol. The molecule has 0 heterocycles. The minimum atomic E-state index is 0.229. The Kier molecular flexibility index (Phi) is 3.76. The maximum atomic E-state index is 5.41. The van der Waals surface area contributed by atoms with Crippen LogP contribution in [0.15, 0.2) is 0 Å². The van der Waals surface area contributed by atoms with Gasteiger partial charge in [-0.25, -0.2) is 0 Å². The van der Waals surface area contributed by atoms with Gasteiger partial charge in [-0.1, -0.05) is 48.5 Å². The maximum absolute atomic E-state index is 5.41. The van der Waals surface area contributed by atoms with E-state index in [4.69, 9.17) is 4.74 Å². The first kappa shape index (κ1) is 15.0. The van der Waals surface area contributed by atoms with Crippen molar-refractivity contribution in [3.05, 3.63) is 0 Å². The van der Waals surface area contributed by atoms with Crippen molar-refractivity contribution in [2.45, 2.75) is 79.8 Å². The number of methoxy groups -OCH3 is 1. The summed E-state index contributed by atoms with van der Waals surface area (Å²) in [6, 6.07) is 0. The fourth-order valence-electron chi connectivity index (χ4n) is 2.31. The Labute approximate surface area is 108 Å². The van der Waals surface area contributed by atoms with Crippen LogP contribution in [0, 0.1) is 16.2 Å². The molecule has 1 nitrogen and oxygen atoms in total. The normalized spacial score (nSPS) is 24.7. The van der Waals surface area contributed by atoms with Crippen LogP contribution in [-0.2, 0) is 4.74 Å². The highest BCUT2D eigenvalue weighted by molar-refractivity contribution is 5.04. The Morgan fingerprint density at radius 1 is 0.765 bits per heavy atom. The highest BCUT2D eigenvalue weighted by atomic mass is 16.5. The van der Waals surface area contributed by atoms with Gasteiger partial charge in [0.05, 0.1) is 5.60 Å². The van der Waals surface area contributed by atoms with Crippen molar-refractivity contribution in [2.75, 3.05) is 7.11 Å². The lowest BCUT2D eigenvalue weighted by molar-refractivity contribution is -0.00737. The molecule has 0 aliphatic heterocycles. The molecule has 2 aliphatic carbocycles. The largest absolute Gasteiger partial charge is 0.378 e. The van der Waals surface area contributed by atoms with Crippen LogP contribution in [0.4, 0.5) is 0 Å². The van der Waals surface area contributed by atoms with Crippen molar-refractivity contribution >= 4 is 0 Å². The molecule has 2 aliphatic rings. The van der Waals surface area contributed by atoms with Crippen molar-refractivity contribution in [1.29, 1.82) is 0 Å². The van der Waals surface area contributed by atoms with Gasteiger partial charge in [0.1, 0.15) is 0 Å². The summed E-state index contributed by atoms with van der Waals surface area (Å²) in [6.45, 7) is 16.1. The second-order valence-electron chi connectivity index (χ2n) is 8.26. The summed E-state index contributed by atoms with van der Waals surface area (Å²) in [7, 11) is 1.82. The molecule has 0 saturated heterocycles. The van der Waals surface area contributed by atoms with E-state index in [0.29, 0.717) is 16.2 Å². The molecule has 0 N–H and O–H groups in total. The Hall–Kier alpha value is -0.0400. The lowest BCUT2D eigenvalue weighted by Crippen LogP contribution is -2.29. The minimum Gasteiger partial charge on any atom is -0.378 e. The summed E-state index contributed by atoms with van der Waals surface area (Å²) in [5.74, 6) is 0. The molecule has 17 heavy (non-hydrogen) atoms. The molecule has 0 bridgehead atoms. The zero-order chi connectivity index (χ0) is 13.5. The molecule has 102 valence electrons. The zero-order valence-corrected chi connectivity index (χ0v) is 13.2. The van der Waals surface area contributed by atoms with Crippen molar-refractivity contribution in [3.63, 3.8) is 0 Å². The van der Waals surface area contributed by atoms with Gasteiger partial charge in [-0.2, -0.15) is 0 Å². The van der Waals surface area contributed by atoms with Crippen molar-refractivity contribution in [3.8, 4) is 0 Å². The molecule has 1 heteroatoms. The van der Waals surface area contributed by atoms with E-state index in [1.807, 2.05) is 7.11 Å². The van der Waals surface area contributed by atoms with E-state index in [9.17, 15) is 0 Å². The molecule has 2 saturated carbocycles. The van der Waals surface area contributed by atoms with Gasteiger partial charge in [-0.3, -0.25) is 0 Å². The molecule has 0 aromatic carbocycles. The quantitative estimate of drug-likeness (QED) is 0.623. The van der Waals surface area contributed by atoms with E-state index in [0.717, 1.165) is 0 Å². The molecule has 0 radical (unpaired) electrons. The van der Waals surface area contributed by atoms with Crippen LogP contribution < -0.4 is 0 Å². The van der Waals surface area contributed by atoms with E-state index in [-0.39, 0.29) is 5.60 Å². The predicted molar refractivity (Wildman–Crippen MR) is 75.2 cm³/mol. The third-order valence-electron chi connectivity index (χ3n) is 5.27. The molecule has 0 aromatic rings. The number of hydrogen-bond donors (Lipinski definition) is 0. The standard InChI is InChI=1S/C8H16O.C8H16/c1-7(2,3)8(9-4)5-6-8;1-7(2,3)8(4)5-6-8/h5-6H2,1-4H3;5-6H2,1-4H3. The first-order valence-electron chi connectivity index (χ1n) is 7.03. The summed E-state index contributed by atoms with van der Waals surface area (Å²) >= 11 is 0. The van der Waals surface area contributed by atoms with Crippen LogP contribution in [0.5, 0.6) is 0 Å². The summed E-state index contributed by atoms with van der Waals surface area (Å²) < 4.78 is 5.41. The molecule has 0 amide bonds. The Morgan fingerprint density at radius 2 is 1.18 bits per heavy atom. The second-order valence-corrected chi connectivity index (χ2v) is 8.26. The predicted octanol–water partition coefficient (Wildman–Crippen LogP) is 5.04. The Bertz CT molecular complexity index is 253. The summed E-state index contributed by atoms with van der Waals surface area (Å²) in [5, 5.41) is 0. The van der Waals surface area contributed by atoms with Crippen LogP contribution >= 0.6 is 0 Å². The molecule has 2 rings (SSSR count). The molecule has 0 spiro atoms. The smallest absolute Gasteiger partial charge is 0.0728 e. The maximum Gasteiger partial charge on any atom is 0.0728 e. The van der Waals surface area contributed by atoms with E-state index < -0.39 is 0 Å². The summed E-state index contributed by atoms with van der Waals surface area (Å²) in [5.41, 5.74) is 1.80. The van der Waals surface area contributed by atoms with Crippen molar-refractivity contribution in [1.82, 2.24) is 0 Å². The first-order valence-corrected chi connectivity index (χ1v) is 7.03. The first-order chi connectivity index (χ1) is 7.47. The van der Waals surface area contributed by atoms with Crippen LogP contribution in [0.1, 0.15) is 74.1 Å². The van der Waals surface area contributed by atoms with E-state index in [1.54, 1.807) is 0 Å². The van der Waals surface area contributed by atoms with E-state index >= 15 is 0 Å². The topological polar surface area (TPSA) is 9.23 Å². The van der Waals surface area contributed by atoms with Crippen molar-refractivity contribution in [2.24, 2.45) is 16.2 Å². The number of rotatable bonds is 1. The fourth-order valence-corrected chi connectivity index (χ4v) is 2.31. The Morgan fingerprint density at radius 3 is 1.18 bits per heavy atom. The van der Waals surface area contributed by atoms with Crippen LogP contribution in [0.2, 0.25) is 0 Å². The third-order valence-corrected chi connectivity index (χ3v) is 5.27. The van der Waals surface area contributed by atoms with Gasteiger partial charge in [0, 0.05) is 7.11 Å². The SMILES string of the molecule is CC(C)(C)C1(C)CC1.COC1(C(C)(C)C)CC1. The van der Waals surface area contributed by atoms with Gasteiger partial charge in [-0.05, 0) is 41.9 Å². The lowest BCUT2D eigenvalue weighted by atomic mass is 9.79. The van der Waals surface area contributed by atoms with Gasteiger partial charge in [0.2, 0.25) is 0 Å². The molecule has 0 aromatic heterocycles. The van der Waals surface area contributed by atoms with E-state index in [2.05, 4.69) is 48.5 Å². The average molecular weight is 240 g/mol. The molecule has 2 fully saturated rings. The molecule has 0 atom stereocenters. The molecular formula is C16H32O.